The van der Waals surface area contributed by atoms with E-state index in [1.807, 2.05) is 0 Å². The number of benzene rings is 2. The molecule has 0 aliphatic rings. The lowest BCUT2D eigenvalue weighted by molar-refractivity contribution is 0.102. The molecule has 0 fully saturated rings. The van der Waals surface area contributed by atoms with Crippen molar-refractivity contribution in [3.8, 4) is 0 Å². The van der Waals surface area contributed by atoms with Crippen molar-refractivity contribution in [2.75, 3.05) is 11.1 Å². The maximum atomic E-state index is 13.4. The molecule has 0 aromatic heterocycles. The molecule has 104 valence electrons. The SMILES string of the molecule is Nc1cccc(C(=O)Nc2c(F)c(F)cc(F)c2F)c1. The first-order valence-electron chi connectivity index (χ1n) is 5.40. The van der Waals surface area contributed by atoms with E-state index >= 15 is 0 Å². The van der Waals surface area contributed by atoms with Gasteiger partial charge in [-0.25, -0.2) is 17.6 Å². The summed E-state index contributed by atoms with van der Waals surface area (Å²) in [5.74, 6) is -7.51. The summed E-state index contributed by atoms with van der Waals surface area (Å²) in [4.78, 5) is 11.7. The van der Waals surface area contributed by atoms with E-state index in [1.54, 1.807) is 5.32 Å². The molecule has 0 radical (unpaired) electrons. The molecule has 0 saturated heterocycles. The van der Waals surface area contributed by atoms with Crippen LogP contribution in [-0.4, -0.2) is 5.91 Å². The van der Waals surface area contributed by atoms with Gasteiger partial charge in [0.25, 0.3) is 5.91 Å². The first kappa shape index (κ1) is 13.9. The van der Waals surface area contributed by atoms with Crippen LogP contribution in [0.4, 0.5) is 28.9 Å². The number of rotatable bonds is 2. The van der Waals surface area contributed by atoms with E-state index in [0.29, 0.717) is 0 Å². The molecular formula is C13H8F4N2O. The summed E-state index contributed by atoms with van der Waals surface area (Å²) in [6.45, 7) is 0. The minimum absolute atomic E-state index is 0.00605. The molecule has 0 aliphatic heterocycles. The van der Waals surface area contributed by atoms with Gasteiger partial charge < -0.3 is 11.1 Å². The number of halogens is 4. The Morgan fingerprint density at radius 2 is 1.60 bits per heavy atom. The number of nitrogens with one attached hydrogen (secondary N) is 1. The summed E-state index contributed by atoms with van der Waals surface area (Å²) in [5, 5.41) is 1.78. The summed E-state index contributed by atoms with van der Waals surface area (Å²) in [5.41, 5.74) is 4.51. The van der Waals surface area contributed by atoms with Gasteiger partial charge in [-0.2, -0.15) is 0 Å². The van der Waals surface area contributed by atoms with E-state index in [0.717, 1.165) is 0 Å². The molecule has 2 rings (SSSR count). The van der Waals surface area contributed by atoms with Crippen LogP contribution in [0.2, 0.25) is 0 Å². The van der Waals surface area contributed by atoms with Crippen molar-refractivity contribution in [1.29, 1.82) is 0 Å². The van der Waals surface area contributed by atoms with Crippen LogP contribution in [0.1, 0.15) is 10.4 Å². The van der Waals surface area contributed by atoms with Crippen molar-refractivity contribution < 1.29 is 22.4 Å². The van der Waals surface area contributed by atoms with Crippen molar-refractivity contribution in [3.63, 3.8) is 0 Å². The lowest BCUT2D eigenvalue weighted by atomic mass is 10.2. The molecule has 2 aromatic rings. The highest BCUT2D eigenvalue weighted by atomic mass is 19.2. The molecule has 3 N–H and O–H groups in total. The fourth-order valence-corrected chi connectivity index (χ4v) is 1.55. The van der Waals surface area contributed by atoms with Gasteiger partial charge in [-0.3, -0.25) is 4.79 Å². The molecule has 0 heterocycles. The van der Waals surface area contributed by atoms with Crippen LogP contribution in [0.15, 0.2) is 30.3 Å². The third kappa shape index (κ3) is 2.56. The minimum atomic E-state index is -1.68. The zero-order valence-electron chi connectivity index (χ0n) is 9.88. The minimum Gasteiger partial charge on any atom is -0.399 e. The quantitative estimate of drug-likeness (QED) is 0.506. The fourth-order valence-electron chi connectivity index (χ4n) is 1.55. The van der Waals surface area contributed by atoms with Gasteiger partial charge in [0.15, 0.2) is 23.3 Å². The Kier molecular flexibility index (Phi) is 3.60. The Labute approximate surface area is 111 Å². The Balaban J connectivity index is 2.38. The normalized spacial score (nSPS) is 10.4. The summed E-state index contributed by atoms with van der Waals surface area (Å²) in [6, 6.07) is 5.59. The molecule has 0 saturated carbocycles. The maximum absolute atomic E-state index is 13.4. The van der Waals surface area contributed by atoms with Crippen molar-refractivity contribution in [3.05, 3.63) is 59.2 Å². The number of anilines is 2. The van der Waals surface area contributed by atoms with Crippen LogP contribution in [-0.2, 0) is 0 Å². The summed E-state index contributed by atoms with van der Waals surface area (Å²) >= 11 is 0. The lowest BCUT2D eigenvalue weighted by Crippen LogP contribution is -2.16. The standard InChI is InChI=1S/C13H8F4N2O/c14-8-5-9(15)11(17)12(10(8)16)19-13(20)6-2-1-3-7(18)4-6/h1-5H,18H2,(H,19,20). The van der Waals surface area contributed by atoms with E-state index in [2.05, 4.69) is 0 Å². The number of amides is 1. The van der Waals surface area contributed by atoms with Crippen molar-refractivity contribution in [1.82, 2.24) is 0 Å². The molecule has 0 aliphatic carbocycles. The third-order valence-electron chi connectivity index (χ3n) is 2.50. The monoisotopic (exact) mass is 284 g/mol. The molecule has 0 unspecified atom stereocenters. The van der Waals surface area contributed by atoms with Gasteiger partial charge in [0, 0.05) is 17.3 Å². The number of hydrogen-bond acceptors (Lipinski definition) is 2. The first-order chi connectivity index (χ1) is 9.40. The Morgan fingerprint density at radius 3 is 2.15 bits per heavy atom. The van der Waals surface area contributed by atoms with E-state index in [1.165, 1.54) is 24.3 Å². The predicted molar refractivity (Wildman–Crippen MR) is 65.1 cm³/mol. The van der Waals surface area contributed by atoms with Crippen molar-refractivity contribution in [2.45, 2.75) is 0 Å². The highest BCUT2D eigenvalue weighted by molar-refractivity contribution is 6.04. The summed E-state index contributed by atoms with van der Waals surface area (Å²) in [7, 11) is 0. The van der Waals surface area contributed by atoms with Crippen LogP contribution in [0.25, 0.3) is 0 Å². The van der Waals surface area contributed by atoms with Gasteiger partial charge >= 0.3 is 0 Å². The Morgan fingerprint density at radius 1 is 1.00 bits per heavy atom. The molecular weight excluding hydrogens is 276 g/mol. The smallest absolute Gasteiger partial charge is 0.255 e. The largest absolute Gasteiger partial charge is 0.399 e. The van der Waals surface area contributed by atoms with Crippen LogP contribution >= 0.6 is 0 Å². The van der Waals surface area contributed by atoms with Crippen molar-refractivity contribution in [2.24, 2.45) is 0 Å². The lowest BCUT2D eigenvalue weighted by Gasteiger charge is -2.09. The number of nitrogens with two attached hydrogens (primary N) is 1. The second kappa shape index (κ2) is 5.20. The van der Waals surface area contributed by atoms with Gasteiger partial charge in [0.05, 0.1) is 0 Å². The predicted octanol–water partition coefficient (Wildman–Crippen LogP) is 3.08. The van der Waals surface area contributed by atoms with E-state index in [4.69, 9.17) is 5.73 Å². The summed E-state index contributed by atoms with van der Waals surface area (Å²) in [6.07, 6.45) is 0. The average Bonchev–Trinajstić information content (AvgIpc) is 2.41. The molecule has 0 spiro atoms. The van der Waals surface area contributed by atoms with E-state index < -0.39 is 34.9 Å². The molecule has 3 nitrogen and oxygen atoms in total. The van der Waals surface area contributed by atoms with Crippen molar-refractivity contribution >= 4 is 17.3 Å². The van der Waals surface area contributed by atoms with E-state index in [9.17, 15) is 22.4 Å². The average molecular weight is 284 g/mol. The maximum Gasteiger partial charge on any atom is 0.255 e. The number of hydrogen-bond donors (Lipinski definition) is 2. The van der Waals surface area contributed by atoms with Gasteiger partial charge in [-0.1, -0.05) is 6.07 Å². The number of carbonyl (C=O) groups excluding carboxylic acids is 1. The molecule has 0 atom stereocenters. The number of nitrogen functional groups attached to an aromatic ring is 1. The molecule has 1 amide bonds. The zero-order valence-corrected chi connectivity index (χ0v) is 9.88. The second-order valence-electron chi connectivity index (χ2n) is 3.92. The van der Waals surface area contributed by atoms with Gasteiger partial charge in [0.1, 0.15) is 5.69 Å². The Hall–Kier alpha value is -2.57. The summed E-state index contributed by atoms with van der Waals surface area (Å²) < 4.78 is 52.7. The van der Waals surface area contributed by atoms with E-state index in [-0.39, 0.29) is 17.3 Å². The zero-order chi connectivity index (χ0) is 14.9. The van der Waals surface area contributed by atoms with Gasteiger partial charge in [-0.05, 0) is 18.2 Å². The topological polar surface area (TPSA) is 55.1 Å². The van der Waals surface area contributed by atoms with Crippen LogP contribution in [0, 0.1) is 23.3 Å². The Bertz CT molecular complexity index is 662. The van der Waals surface area contributed by atoms with Gasteiger partial charge in [0.2, 0.25) is 0 Å². The molecule has 2 aromatic carbocycles. The van der Waals surface area contributed by atoms with Gasteiger partial charge in [-0.15, -0.1) is 0 Å². The highest BCUT2D eigenvalue weighted by Crippen LogP contribution is 2.24. The molecule has 7 heteroatoms. The first-order valence-corrected chi connectivity index (χ1v) is 5.40. The van der Waals surface area contributed by atoms with Crippen LogP contribution in [0.5, 0.6) is 0 Å². The third-order valence-corrected chi connectivity index (χ3v) is 2.50. The molecule has 0 bridgehead atoms. The second-order valence-corrected chi connectivity index (χ2v) is 3.92. The highest BCUT2D eigenvalue weighted by Gasteiger charge is 2.21. The van der Waals surface area contributed by atoms with Crippen LogP contribution < -0.4 is 11.1 Å². The fraction of sp³-hybridized carbons (Fsp3) is 0. The molecule has 20 heavy (non-hydrogen) atoms. The van der Waals surface area contributed by atoms with Crippen LogP contribution in [0.3, 0.4) is 0 Å². The number of carbonyl (C=O) groups is 1.